The molecule has 5 rings (SSSR count). The number of hydrogen-bond donors (Lipinski definition) is 2. The van der Waals surface area contributed by atoms with Gasteiger partial charge in [0.1, 0.15) is 12.1 Å². The van der Waals surface area contributed by atoms with Crippen LogP contribution < -0.4 is 10.6 Å². The maximum absolute atomic E-state index is 13.3. The van der Waals surface area contributed by atoms with Gasteiger partial charge in [0.25, 0.3) is 11.8 Å². The number of nitrogens with zero attached hydrogens (tertiary/aromatic N) is 2. The van der Waals surface area contributed by atoms with Crippen molar-refractivity contribution in [3.8, 4) is 0 Å². The first-order chi connectivity index (χ1) is 16.5. The van der Waals surface area contributed by atoms with E-state index in [-0.39, 0.29) is 30.1 Å². The highest BCUT2D eigenvalue weighted by Gasteiger charge is 2.40. The molecule has 1 saturated heterocycles. The molecule has 1 aromatic carbocycles. The first-order valence-corrected chi connectivity index (χ1v) is 12.3. The Morgan fingerprint density at radius 3 is 2.47 bits per heavy atom. The summed E-state index contributed by atoms with van der Waals surface area (Å²) in [6.45, 7) is 0.160. The van der Waals surface area contributed by atoms with Gasteiger partial charge in [-0.15, -0.1) is 0 Å². The van der Waals surface area contributed by atoms with Gasteiger partial charge >= 0.3 is 6.03 Å². The monoisotopic (exact) mass is 462 g/mol. The summed E-state index contributed by atoms with van der Waals surface area (Å²) in [5.41, 5.74) is 1.46. The second-order valence-corrected chi connectivity index (χ2v) is 9.56. The molecular weight excluding hydrogens is 432 g/mol. The largest absolute Gasteiger partial charge is 0.352 e. The van der Waals surface area contributed by atoms with Crippen molar-refractivity contribution < 1.29 is 19.2 Å². The SMILES string of the molecule is O=C(Cn1cc(/C=C2\C(=O)NC(=O)N(C3CCCCC3)C2=O)c2ccccc21)NC1CCCC1. The standard InChI is InChI=1S/C26H30N4O4/c31-23(27-18-8-4-5-9-18)16-29-15-17(20-12-6-7-13-22(20)29)14-21-24(32)28-26(34)30(25(21)33)19-10-2-1-3-11-19/h6-7,12-15,18-19H,1-5,8-11,16H2,(H,27,31)(H,28,32,34)/b21-14+. The van der Waals surface area contributed by atoms with Gasteiger partial charge in [-0.1, -0.05) is 50.3 Å². The summed E-state index contributed by atoms with van der Waals surface area (Å²) in [7, 11) is 0. The number of rotatable bonds is 5. The molecule has 3 fully saturated rings. The summed E-state index contributed by atoms with van der Waals surface area (Å²) in [4.78, 5) is 52.3. The summed E-state index contributed by atoms with van der Waals surface area (Å²) in [5, 5.41) is 6.29. The molecule has 8 nitrogen and oxygen atoms in total. The summed E-state index contributed by atoms with van der Waals surface area (Å²) >= 11 is 0. The summed E-state index contributed by atoms with van der Waals surface area (Å²) < 4.78 is 1.85. The van der Waals surface area contributed by atoms with Crippen molar-refractivity contribution >= 4 is 40.7 Å². The van der Waals surface area contributed by atoms with Gasteiger partial charge in [0, 0.05) is 34.7 Å². The zero-order chi connectivity index (χ0) is 23.7. The van der Waals surface area contributed by atoms with Crippen LogP contribution in [0.4, 0.5) is 4.79 Å². The lowest BCUT2D eigenvalue weighted by atomic mass is 9.93. The van der Waals surface area contributed by atoms with Crippen LogP contribution in [0, 0.1) is 0 Å². The Morgan fingerprint density at radius 1 is 1.00 bits per heavy atom. The summed E-state index contributed by atoms with van der Waals surface area (Å²) in [6, 6.07) is 7.02. The molecule has 178 valence electrons. The molecule has 2 saturated carbocycles. The number of urea groups is 1. The zero-order valence-corrected chi connectivity index (χ0v) is 19.2. The number of amides is 5. The number of fused-ring (bicyclic) bond motifs is 1. The molecule has 2 aliphatic carbocycles. The van der Waals surface area contributed by atoms with Crippen LogP contribution in [0.5, 0.6) is 0 Å². The molecule has 5 amide bonds. The third kappa shape index (κ3) is 4.36. The number of barbiturate groups is 1. The van der Waals surface area contributed by atoms with E-state index in [0.717, 1.165) is 68.7 Å². The molecule has 2 N–H and O–H groups in total. The summed E-state index contributed by atoms with van der Waals surface area (Å²) in [5.74, 6) is -1.28. The van der Waals surface area contributed by atoms with Crippen molar-refractivity contribution in [2.45, 2.75) is 76.4 Å². The Balaban J connectivity index is 1.44. The van der Waals surface area contributed by atoms with Crippen LogP contribution in [0.15, 0.2) is 36.0 Å². The van der Waals surface area contributed by atoms with Gasteiger partial charge in [-0.25, -0.2) is 4.79 Å². The highest BCUT2D eigenvalue weighted by atomic mass is 16.2. The van der Waals surface area contributed by atoms with Gasteiger partial charge in [0.2, 0.25) is 5.91 Å². The van der Waals surface area contributed by atoms with Crippen LogP contribution in [0.25, 0.3) is 17.0 Å². The van der Waals surface area contributed by atoms with E-state index in [0.29, 0.717) is 5.56 Å². The number of aromatic nitrogens is 1. The smallest absolute Gasteiger partial charge is 0.331 e. The molecular formula is C26H30N4O4. The molecule has 34 heavy (non-hydrogen) atoms. The Morgan fingerprint density at radius 2 is 1.71 bits per heavy atom. The topological polar surface area (TPSA) is 101 Å². The van der Waals surface area contributed by atoms with Crippen molar-refractivity contribution in [3.63, 3.8) is 0 Å². The highest BCUT2D eigenvalue weighted by molar-refractivity contribution is 6.31. The van der Waals surface area contributed by atoms with Crippen molar-refractivity contribution in [1.29, 1.82) is 0 Å². The Labute approximate surface area is 198 Å². The molecule has 1 aromatic heterocycles. The van der Waals surface area contributed by atoms with E-state index in [9.17, 15) is 19.2 Å². The number of benzene rings is 1. The normalized spacial score (nSPS) is 21.5. The van der Waals surface area contributed by atoms with Crippen molar-refractivity contribution in [3.05, 3.63) is 41.6 Å². The lowest BCUT2D eigenvalue weighted by molar-refractivity contribution is -0.132. The Bertz CT molecular complexity index is 1170. The number of hydrogen-bond acceptors (Lipinski definition) is 4. The van der Waals surface area contributed by atoms with Gasteiger partial charge in [-0.2, -0.15) is 0 Å². The van der Waals surface area contributed by atoms with E-state index in [4.69, 9.17) is 0 Å². The second-order valence-electron chi connectivity index (χ2n) is 9.56. The lowest BCUT2D eigenvalue weighted by Crippen LogP contribution is -2.58. The predicted octanol–water partition coefficient (Wildman–Crippen LogP) is 3.49. The van der Waals surface area contributed by atoms with Gasteiger partial charge in [-0.3, -0.25) is 24.6 Å². The fourth-order valence-electron chi connectivity index (χ4n) is 5.52. The minimum absolute atomic E-state index is 0.0487. The maximum atomic E-state index is 13.3. The van der Waals surface area contributed by atoms with Gasteiger partial charge in [0.05, 0.1) is 0 Å². The molecule has 0 bridgehead atoms. The van der Waals surface area contributed by atoms with Gasteiger partial charge in [0.15, 0.2) is 0 Å². The average molecular weight is 463 g/mol. The Hall–Kier alpha value is -3.42. The van der Waals surface area contributed by atoms with Gasteiger partial charge in [-0.05, 0) is 37.8 Å². The van der Waals surface area contributed by atoms with E-state index < -0.39 is 17.8 Å². The lowest BCUT2D eigenvalue weighted by Gasteiger charge is -2.35. The molecule has 0 spiro atoms. The predicted molar refractivity (Wildman–Crippen MR) is 128 cm³/mol. The third-order valence-electron chi connectivity index (χ3n) is 7.23. The number of carbonyl (C=O) groups is 4. The van der Waals surface area contributed by atoms with Crippen molar-refractivity contribution in [1.82, 2.24) is 20.1 Å². The second kappa shape index (κ2) is 9.44. The molecule has 2 aromatic rings. The zero-order valence-electron chi connectivity index (χ0n) is 19.2. The summed E-state index contributed by atoms with van der Waals surface area (Å²) in [6.07, 6.45) is 12.2. The van der Waals surface area contributed by atoms with E-state index >= 15 is 0 Å². The molecule has 0 radical (unpaired) electrons. The van der Waals surface area contributed by atoms with Crippen LogP contribution >= 0.6 is 0 Å². The molecule has 2 heterocycles. The molecule has 0 atom stereocenters. The van der Waals surface area contributed by atoms with Gasteiger partial charge < -0.3 is 9.88 Å². The first-order valence-electron chi connectivity index (χ1n) is 12.3. The van der Waals surface area contributed by atoms with Crippen LogP contribution in [0.2, 0.25) is 0 Å². The first kappa shape index (κ1) is 22.4. The average Bonchev–Trinajstić information content (AvgIpc) is 3.45. The minimum atomic E-state index is -0.683. The molecule has 8 heteroatoms. The number of imide groups is 2. The van der Waals surface area contributed by atoms with Crippen molar-refractivity contribution in [2.24, 2.45) is 0 Å². The number of para-hydroxylation sites is 1. The quantitative estimate of drug-likeness (QED) is 0.525. The third-order valence-corrected chi connectivity index (χ3v) is 7.23. The van der Waals surface area contributed by atoms with Crippen molar-refractivity contribution in [2.75, 3.05) is 0 Å². The Kier molecular flexibility index (Phi) is 6.22. The van der Waals surface area contributed by atoms with Crippen LogP contribution in [0.3, 0.4) is 0 Å². The van der Waals surface area contributed by atoms with E-state index in [1.54, 1.807) is 12.3 Å². The minimum Gasteiger partial charge on any atom is -0.352 e. The number of nitrogens with one attached hydrogen (secondary N) is 2. The van der Waals surface area contributed by atoms with E-state index in [1.807, 2.05) is 28.8 Å². The van der Waals surface area contributed by atoms with E-state index in [1.165, 1.54) is 4.90 Å². The van der Waals surface area contributed by atoms with Crippen LogP contribution in [0.1, 0.15) is 63.4 Å². The number of carbonyl (C=O) groups excluding carboxylic acids is 4. The molecule has 1 aliphatic heterocycles. The van der Waals surface area contributed by atoms with E-state index in [2.05, 4.69) is 10.6 Å². The fourth-order valence-corrected chi connectivity index (χ4v) is 5.52. The van der Waals surface area contributed by atoms with Crippen LogP contribution in [-0.4, -0.2) is 45.3 Å². The van der Waals surface area contributed by atoms with Crippen LogP contribution in [-0.2, 0) is 20.9 Å². The highest BCUT2D eigenvalue weighted by Crippen LogP contribution is 2.28. The fraction of sp³-hybridized carbons (Fsp3) is 0.462. The molecule has 3 aliphatic rings. The molecule has 0 unspecified atom stereocenters. The maximum Gasteiger partial charge on any atom is 0.331 e.